The van der Waals surface area contributed by atoms with Crippen molar-refractivity contribution in [3.8, 4) is 5.69 Å². The molecule has 0 bridgehead atoms. The molecule has 0 aliphatic rings. The predicted octanol–water partition coefficient (Wildman–Crippen LogP) is 1.42. The molecule has 0 saturated heterocycles. The Labute approximate surface area is 118 Å². The molecule has 3 rings (SSSR count). The molecule has 7 nitrogen and oxygen atoms in total. The van der Waals surface area contributed by atoms with E-state index in [2.05, 4.69) is 25.9 Å². The van der Waals surface area contributed by atoms with Gasteiger partial charge in [-0.15, -0.1) is 0 Å². The highest BCUT2D eigenvalue weighted by molar-refractivity contribution is 5.88. The fraction of sp³-hybridized carbons (Fsp3) is 0.0769. The fourth-order valence-corrected chi connectivity index (χ4v) is 1.86. The predicted molar refractivity (Wildman–Crippen MR) is 74.1 cm³/mol. The number of carbonyl (C=O) groups is 1. The van der Waals surface area contributed by atoms with E-state index >= 15 is 0 Å². The summed E-state index contributed by atoms with van der Waals surface area (Å²) in [6.45, 7) is 1.38. The summed E-state index contributed by atoms with van der Waals surface area (Å²) < 4.78 is 14.5. The van der Waals surface area contributed by atoms with Crippen molar-refractivity contribution in [3.05, 3.63) is 42.6 Å². The molecule has 1 aromatic carbocycles. The van der Waals surface area contributed by atoms with Crippen molar-refractivity contribution in [3.63, 3.8) is 0 Å². The van der Waals surface area contributed by atoms with Crippen LogP contribution >= 0.6 is 0 Å². The zero-order valence-electron chi connectivity index (χ0n) is 11.0. The Morgan fingerprint density at radius 3 is 2.71 bits per heavy atom. The van der Waals surface area contributed by atoms with Gasteiger partial charge in [0.15, 0.2) is 11.5 Å². The van der Waals surface area contributed by atoms with Gasteiger partial charge in [0.25, 0.3) is 0 Å². The van der Waals surface area contributed by atoms with Gasteiger partial charge in [-0.25, -0.2) is 19.0 Å². The van der Waals surface area contributed by atoms with Crippen LogP contribution in [0.15, 0.2) is 36.8 Å². The maximum absolute atomic E-state index is 13.0. The summed E-state index contributed by atoms with van der Waals surface area (Å²) in [6.07, 6.45) is 2.93. The topological polar surface area (TPSA) is 84.7 Å². The van der Waals surface area contributed by atoms with Crippen LogP contribution in [-0.4, -0.2) is 25.7 Å². The van der Waals surface area contributed by atoms with Gasteiger partial charge in [-0.05, 0) is 24.3 Å². The van der Waals surface area contributed by atoms with Crippen molar-refractivity contribution in [2.75, 3.05) is 5.43 Å². The zero-order chi connectivity index (χ0) is 14.8. The second-order valence-corrected chi connectivity index (χ2v) is 4.30. The quantitative estimate of drug-likeness (QED) is 0.711. The molecule has 8 heteroatoms. The number of nitrogens with one attached hydrogen (secondary N) is 2. The molecule has 21 heavy (non-hydrogen) atoms. The number of hydrogen-bond donors (Lipinski definition) is 2. The molecule has 0 aliphatic heterocycles. The molecule has 2 N–H and O–H groups in total. The lowest BCUT2D eigenvalue weighted by Crippen LogP contribution is -2.27. The van der Waals surface area contributed by atoms with Crippen LogP contribution < -0.4 is 10.9 Å². The van der Waals surface area contributed by atoms with Gasteiger partial charge in [-0.3, -0.25) is 15.6 Å². The SMILES string of the molecule is CC(=O)NNc1ncnc2c1cnn2-c1ccc(F)cc1. The minimum absolute atomic E-state index is 0.243. The van der Waals surface area contributed by atoms with Gasteiger partial charge in [0.1, 0.15) is 12.1 Å². The first-order valence-corrected chi connectivity index (χ1v) is 6.12. The molecule has 1 amide bonds. The molecule has 0 atom stereocenters. The van der Waals surface area contributed by atoms with Crippen LogP contribution in [0, 0.1) is 5.82 Å². The second-order valence-electron chi connectivity index (χ2n) is 4.30. The summed E-state index contributed by atoms with van der Waals surface area (Å²) in [4.78, 5) is 19.2. The monoisotopic (exact) mass is 286 g/mol. The Balaban J connectivity index is 2.04. The van der Waals surface area contributed by atoms with Crippen molar-refractivity contribution in [2.24, 2.45) is 0 Å². The van der Waals surface area contributed by atoms with Gasteiger partial charge in [0.05, 0.1) is 17.3 Å². The lowest BCUT2D eigenvalue weighted by molar-refractivity contribution is -0.118. The van der Waals surface area contributed by atoms with Crippen molar-refractivity contribution >= 4 is 22.8 Å². The molecule has 0 saturated carbocycles. The molecule has 0 radical (unpaired) electrons. The van der Waals surface area contributed by atoms with E-state index in [9.17, 15) is 9.18 Å². The molecule has 0 fully saturated rings. The Morgan fingerprint density at radius 1 is 1.24 bits per heavy atom. The third kappa shape index (κ3) is 2.50. The smallest absolute Gasteiger partial charge is 0.235 e. The van der Waals surface area contributed by atoms with Gasteiger partial charge in [0, 0.05) is 6.92 Å². The number of nitrogens with zero attached hydrogens (tertiary/aromatic N) is 4. The van der Waals surface area contributed by atoms with E-state index in [0.29, 0.717) is 22.5 Å². The minimum atomic E-state index is -0.321. The number of benzene rings is 1. The number of amides is 1. The number of carbonyl (C=O) groups excluding carboxylic acids is 1. The van der Waals surface area contributed by atoms with Crippen molar-refractivity contribution in [1.29, 1.82) is 0 Å². The molecule has 0 aliphatic carbocycles. The van der Waals surface area contributed by atoms with Crippen LogP contribution in [0.2, 0.25) is 0 Å². The van der Waals surface area contributed by atoms with Gasteiger partial charge in [0.2, 0.25) is 5.91 Å². The summed E-state index contributed by atoms with van der Waals surface area (Å²) in [5.41, 5.74) is 6.36. The normalized spacial score (nSPS) is 10.6. The largest absolute Gasteiger partial charge is 0.281 e. The molecule has 2 aromatic heterocycles. The van der Waals surface area contributed by atoms with E-state index in [4.69, 9.17) is 0 Å². The molecule has 3 aromatic rings. The van der Waals surface area contributed by atoms with Gasteiger partial charge < -0.3 is 0 Å². The zero-order valence-corrected chi connectivity index (χ0v) is 11.0. The van der Waals surface area contributed by atoms with Crippen molar-refractivity contribution < 1.29 is 9.18 Å². The number of aromatic nitrogens is 4. The number of rotatable bonds is 3. The number of hydrogen-bond acceptors (Lipinski definition) is 5. The average molecular weight is 286 g/mol. The van der Waals surface area contributed by atoms with Crippen molar-refractivity contribution in [1.82, 2.24) is 25.2 Å². The molecular weight excluding hydrogens is 275 g/mol. The van der Waals surface area contributed by atoms with Crippen molar-refractivity contribution in [2.45, 2.75) is 6.92 Å². The van der Waals surface area contributed by atoms with Gasteiger partial charge in [-0.1, -0.05) is 0 Å². The molecule has 2 heterocycles. The Bertz CT molecular complexity index is 798. The van der Waals surface area contributed by atoms with Gasteiger partial charge >= 0.3 is 0 Å². The van der Waals surface area contributed by atoms with E-state index in [1.807, 2.05) is 0 Å². The Hall–Kier alpha value is -3.03. The molecule has 106 valence electrons. The minimum Gasteiger partial charge on any atom is -0.281 e. The van der Waals surface area contributed by atoms with Crippen LogP contribution in [-0.2, 0) is 4.79 Å². The Kier molecular flexibility index (Phi) is 3.19. The average Bonchev–Trinajstić information content (AvgIpc) is 2.90. The maximum Gasteiger partial charge on any atom is 0.235 e. The fourth-order valence-electron chi connectivity index (χ4n) is 1.86. The van der Waals surface area contributed by atoms with Crippen LogP contribution in [0.25, 0.3) is 16.7 Å². The third-order valence-electron chi connectivity index (χ3n) is 2.79. The summed E-state index contributed by atoms with van der Waals surface area (Å²) in [5.74, 6) is -0.130. The van der Waals surface area contributed by atoms with E-state index in [0.717, 1.165) is 0 Å². The number of fused-ring (bicyclic) bond motifs is 1. The third-order valence-corrected chi connectivity index (χ3v) is 2.79. The number of halogens is 1. The summed E-state index contributed by atoms with van der Waals surface area (Å²) in [6, 6.07) is 5.90. The highest BCUT2D eigenvalue weighted by Gasteiger charge is 2.11. The van der Waals surface area contributed by atoms with Crippen LogP contribution in [0.3, 0.4) is 0 Å². The first kappa shape index (κ1) is 13.0. The lowest BCUT2D eigenvalue weighted by Gasteiger charge is -2.06. The summed E-state index contributed by atoms with van der Waals surface area (Å²) >= 11 is 0. The first-order chi connectivity index (χ1) is 10.1. The number of hydrazine groups is 1. The van der Waals surface area contributed by atoms with E-state index in [1.54, 1.807) is 23.0 Å². The summed E-state index contributed by atoms with van der Waals surface area (Å²) in [7, 11) is 0. The van der Waals surface area contributed by atoms with E-state index in [-0.39, 0.29) is 11.7 Å². The van der Waals surface area contributed by atoms with Crippen LogP contribution in [0.4, 0.5) is 10.2 Å². The van der Waals surface area contributed by atoms with Crippen LogP contribution in [0.5, 0.6) is 0 Å². The Morgan fingerprint density at radius 2 is 2.00 bits per heavy atom. The van der Waals surface area contributed by atoms with E-state index < -0.39 is 0 Å². The van der Waals surface area contributed by atoms with Gasteiger partial charge in [-0.2, -0.15) is 5.10 Å². The van der Waals surface area contributed by atoms with Crippen LogP contribution in [0.1, 0.15) is 6.92 Å². The summed E-state index contributed by atoms with van der Waals surface area (Å²) in [5, 5.41) is 4.86. The van der Waals surface area contributed by atoms with E-state index in [1.165, 1.54) is 25.4 Å². The first-order valence-electron chi connectivity index (χ1n) is 6.12. The highest BCUT2D eigenvalue weighted by Crippen LogP contribution is 2.21. The highest BCUT2D eigenvalue weighted by atomic mass is 19.1. The lowest BCUT2D eigenvalue weighted by atomic mass is 10.3. The second kappa shape index (κ2) is 5.16. The molecule has 0 unspecified atom stereocenters. The molecular formula is C13H11FN6O. The molecule has 0 spiro atoms. The maximum atomic E-state index is 13.0. The number of anilines is 1. The standard InChI is InChI=1S/C13H11FN6O/c1-8(21)18-19-12-11-6-17-20(13(11)16-7-15-12)10-4-2-9(14)3-5-10/h2-7H,1H3,(H,18,21)(H,15,16,19).